The lowest BCUT2D eigenvalue weighted by Crippen LogP contribution is -2.38. The molecule has 1 aromatic rings. The number of hydrogen-bond acceptors (Lipinski definition) is 4. The molecule has 5 heteroatoms. The molecule has 1 amide bonds. The van der Waals surface area contributed by atoms with Gasteiger partial charge in [-0.05, 0) is 33.8 Å². The van der Waals surface area contributed by atoms with Crippen molar-refractivity contribution < 1.29 is 9.90 Å². The summed E-state index contributed by atoms with van der Waals surface area (Å²) < 4.78 is 0. The number of rotatable bonds is 3. The number of hydrogen-bond donors (Lipinski definition) is 2. The summed E-state index contributed by atoms with van der Waals surface area (Å²) in [4.78, 5) is 11.8. The van der Waals surface area contributed by atoms with Crippen molar-refractivity contribution in [1.29, 1.82) is 0 Å². The smallest absolute Gasteiger partial charge is 0.253 e. The molecule has 0 saturated heterocycles. The van der Waals surface area contributed by atoms with E-state index >= 15 is 0 Å². The van der Waals surface area contributed by atoms with Crippen LogP contribution < -0.4 is 5.32 Å². The highest BCUT2D eigenvalue weighted by molar-refractivity contribution is 5.95. The molecular weight excluding hydrogens is 206 g/mol. The summed E-state index contributed by atoms with van der Waals surface area (Å²) in [6, 6.07) is 1.68. The summed E-state index contributed by atoms with van der Waals surface area (Å²) in [5.74, 6) is -0.238. The molecule has 0 spiro atoms. The average Bonchev–Trinajstić information content (AvgIpc) is 2.17. The Morgan fingerprint density at radius 3 is 2.62 bits per heavy atom. The van der Waals surface area contributed by atoms with Crippen LogP contribution in [0.5, 0.6) is 0 Å². The van der Waals surface area contributed by atoms with Crippen LogP contribution in [0.4, 0.5) is 0 Å². The number of amides is 1. The van der Waals surface area contributed by atoms with Crippen molar-refractivity contribution in [2.24, 2.45) is 0 Å². The van der Waals surface area contributed by atoms with Gasteiger partial charge in [-0.2, -0.15) is 10.2 Å². The number of nitrogens with one attached hydrogen (secondary N) is 1. The molecular formula is C11H17N3O2. The fraction of sp³-hybridized carbons (Fsp3) is 0.545. The van der Waals surface area contributed by atoms with Crippen molar-refractivity contribution in [1.82, 2.24) is 15.5 Å². The first-order valence-corrected chi connectivity index (χ1v) is 5.11. The van der Waals surface area contributed by atoms with E-state index in [9.17, 15) is 9.90 Å². The van der Waals surface area contributed by atoms with Crippen LogP contribution in [0.25, 0.3) is 0 Å². The summed E-state index contributed by atoms with van der Waals surface area (Å²) >= 11 is 0. The zero-order valence-corrected chi connectivity index (χ0v) is 10.0. The van der Waals surface area contributed by atoms with Gasteiger partial charge in [0, 0.05) is 6.54 Å². The number of aliphatic hydroxyl groups is 1. The van der Waals surface area contributed by atoms with Crippen LogP contribution in [-0.2, 0) is 0 Å². The van der Waals surface area contributed by atoms with Crippen molar-refractivity contribution in [2.45, 2.75) is 33.3 Å². The van der Waals surface area contributed by atoms with Crippen molar-refractivity contribution in [3.63, 3.8) is 0 Å². The quantitative estimate of drug-likeness (QED) is 0.786. The summed E-state index contributed by atoms with van der Waals surface area (Å²) in [5.41, 5.74) is 0.855. The Hall–Kier alpha value is -1.49. The van der Waals surface area contributed by atoms with Crippen LogP contribution in [0.1, 0.15) is 35.6 Å². The zero-order valence-electron chi connectivity index (χ0n) is 10.0. The Morgan fingerprint density at radius 2 is 2.06 bits per heavy atom. The molecule has 0 unspecified atom stereocenters. The van der Waals surface area contributed by atoms with Gasteiger partial charge in [0.15, 0.2) is 0 Å². The summed E-state index contributed by atoms with van der Waals surface area (Å²) in [5, 5.41) is 19.9. The molecule has 1 aromatic heterocycles. The minimum Gasteiger partial charge on any atom is -0.389 e. The van der Waals surface area contributed by atoms with E-state index in [0.717, 1.165) is 0 Å². The van der Waals surface area contributed by atoms with Gasteiger partial charge in [0.25, 0.3) is 5.91 Å². The second-order valence-electron chi connectivity index (χ2n) is 4.48. The van der Waals surface area contributed by atoms with Crippen molar-refractivity contribution in [3.05, 3.63) is 23.0 Å². The van der Waals surface area contributed by atoms with Gasteiger partial charge in [-0.15, -0.1) is 0 Å². The van der Waals surface area contributed by atoms with Crippen LogP contribution in [0.2, 0.25) is 0 Å². The molecule has 0 aliphatic heterocycles. The molecule has 16 heavy (non-hydrogen) atoms. The second kappa shape index (κ2) is 4.57. The Kier molecular flexibility index (Phi) is 3.59. The fourth-order valence-electron chi connectivity index (χ4n) is 1.17. The zero-order chi connectivity index (χ0) is 12.3. The molecule has 5 nitrogen and oxygen atoms in total. The van der Waals surface area contributed by atoms with E-state index in [2.05, 4.69) is 15.5 Å². The first-order valence-electron chi connectivity index (χ1n) is 5.11. The lowest BCUT2D eigenvalue weighted by atomic mass is 10.1. The highest BCUT2D eigenvalue weighted by Gasteiger charge is 2.16. The normalized spacial score (nSPS) is 11.3. The van der Waals surface area contributed by atoms with Gasteiger partial charge in [0.2, 0.25) is 0 Å². The van der Waals surface area contributed by atoms with Gasteiger partial charge in [-0.1, -0.05) is 0 Å². The maximum atomic E-state index is 11.8. The van der Waals surface area contributed by atoms with Gasteiger partial charge < -0.3 is 10.4 Å². The lowest BCUT2D eigenvalue weighted by Gasteiger charge is -2.17. The molecule has 0 aromatic carbocycles. The topological polar surface area (TPSA) is 75.1 Å². The van der Waals surface area contributed by atoms with Gasteiger partial charge in [0.1, 0.15) is 0 Å². The third-order valence-electron chi connectivity index (χ3n) is 2.03. The SMILES string of the molecule is Cc1cc(C(=O)NCC(C)(C)O)c(C)nn1. The van der Waals surface area contributed by atoms with E-state index in [1.54, 1.807) is 33.8 Å². The maximum Gasteiger partial charge on any atom is 0.253 e. The number of aromatic nitrogens is 2. The predicted molar refractivity (Wildman–Crippen MR) is 60.1 cm³/mol. The summed E-state index contributed by atoms with van der Waals surface area (Å²) in [6.07, 6.45) is 0. The Bertz CT molecular complexity index is 397. The third kappa shape index (κ3) is 3.58. The molecule has 1 heterocycles. The van der Waals surface area contributed by atoms with Crippen molar-refractivity contribution in [3.8, 4) is 0 Å². The molecule has 0 bridgehead atoms. The van der Waals surface area contributed by atoms with E-state index in [0.29, 0.717) is 17.0 Å². The Balaban J connectivity index is 2.77. The molecule has 0 radical (unpaired) electrons. The van der Waals surface area contributed by atoms with Gasteiger partial charge >= 0.3 is 0 Å². The van der Waals surface area contributed by atoms with Gasteiger partial charge in [-0.25, -0.2) is 0 Å². The third-order valence-corrected chi connectivity index (χ3v) is 2.03. The number of aryl methyl sites for hydroxylation is 2. The van der Waals surface area contributed by atoms with Crippen molar-refractivity contribution in [2.75, 3.05) is 6.54 Å². The van der Waals surface area contributed by atoms with Crippen LogP contribution in [0.3, 0.4) is 0 Å². The molecule has 88 valence electrons. The van der Waals surface area contributed by atoms with E-state index in [1.807, 2.05) is 0 Å². The lowest BCUT2D eigenvalue weighted by molar-refractivity contribution is 0.0693. The molecule has 0 fully saturated rings. The molecule has 0 atom stereocenters. The molecule has 0 saturated carbocycles. The minimum absolute atomic E-state index is 0.201. The van der Waals surface area contributed by atoms with Crippen LogP contribution in [-0.4, -0.2) is 33.4 Å². The molecule has 0 aliphatic rings. The number of nitrogens with zero attached hydrogens (tertiary/aromatic N) is 2. The number of carbonyl (C=O) groups is 1. The van der Waals surface area contributed by atoms with Crippen LogP contribution in [0, 0.1) is 13.8 Å². The minimum atomic E-state index is -0.918. The summed E-state index contributed by atoms with van der Waals surface area (Å²) in [7, 11) is 0. The first-order chi connectivity index (χ1) is 7.29. The standard InChI is InChI=1S/C11H17N3O2/c1-7-5-9(8(2)14-13-7)10(15)12-6-11(3,4)16/h5,16H,6H2,1-4H3,(H,12,15). The molecule has 0 aliphatic carbocycles. The van der Waals surface area contributed by atoms with Crippen molar-refractivity contribution >= 4 is 5.91 Å². The molecule has 2 N–H and O–H groups in total. The first kappa shape index (κ1) is 12.6. The number of carbonyl (C=O) groups excluding carboxylic acids is 1. The Morgan fingerprint density at radius 1 is 1.44 bits per heavy atom. The summed E-state index contributed by atoms with van der Waals surface area (Å²) in [6.45, 7) is 6.98. The second-order valence-corrected chi connectivity index (χ2v) is 4.48. The van der Waals surface area contributed by atoms with Crippen LogP contribution >= 0.6 is 0 Å². The molecule has 1 rings (SSSR count). The average molecular weight is 223 g/mol. The van der Waals surface area contributed by atoms with Gasteiger partial charge in [-0.3, -0.25) is 4.79 Å². The predicted octanol–water partition coefficient (Wildman–Crippen LogP) is 0.594. The fourth-order valence-corrected chi connectivity index (χ4v) is 1.17. The largest absolute Gasteiger partial charge is 0.389 e. The van der Waals surface area contributed by atoms with E-state index < -0.39 is 5.60 Å². The maximum absolute atomic E-state index is 11.8. The monoisotopic (exact) mass is 223 g/mol. The Labute approximate surface area is 94.9 Å². The van der Waals surface area contributed by atoms with E-state index in [1.165, 1.54) is 0 Å². The highest BCUT2D eigenvalue weighted by Crippen LogP contribution is 2.06. The highest BCUT2D eigenvalue weighted by atomic mass is 16.3. The van der Waals surface area contributed by atoms with Crippen LogP contribution in [0.15, 0.2) is 6.07 Å². The van der Waals surface area contributed by atoms with Gasteiger partial charge in [0.05, 0.1) is 22.6 Å². The van der Waals surface area contributed by atoms with E-state index in [-0.39, 0.29) is 12.5 Å². The van der Waals surface area contributed by atoms with E-state index in [4.69, 9.17) is 0 Å².